The fourth-order valence-electron chi connectivity index (χ4n) is 1.60. The minimum Gasteiger partial charge on any atom is -0.748 e. The first kappa shape index (κ1) is 16.0. The van der Waals surface area contributed by atoms with E-state index in [2.05, 4.69) is 4.98 Å². The summed E-state index contributed by atoms with van der Waals surface area (Å²) >= 11 is 0. The van der Waals surface area contributed by atoms with Gasteiger partial charge in [-0.05, 0) is 6.07 Å². The van der Waals surface area contributed by atoms with E-state index in [1.165, 1.54) is 4.57 Å². The fourth-order valence-corrected chi connectivity index (χ4v) is 1.60. The molecule has 0 aliphatic heterocycles. The van der Waals surface area contributed by atoms with E-state index in [1.54, 1.807) is 12.3 Å². The van der Waals surface area contributed by atoms with Crippen molar-refractivity contribution in [2.75, 3.05) is 5.73 Å². The van der Waals surface area contributed by atoms with E-state index in [0.29, 0.717) is 6.54 Å². The summed E-state index contributed by atoms with van der Waals surface area (Å²) in [5, 5.41) is 0. The second kappa shape index (κ2) is 8.15. The third-order valence-corrected chi connectivity index (χ3v) is 2.54. The molecule has 2 aromatic carbocycles. The Kier molecular flexibility index (Phi) is 6.50. The zero-order valence-corrected chi connectivity index (χ0v) is 11.9. The van der Waals surface area contributed by atoms with E-state index in [-0.39, 0.29) is 28.6 Å². The summed E-state index contributed by atoms with van der Waals surface area (Å²) in [5.41, 5.74) is 6.14. The molecular formula is C15H15FeN3O-6. The number of anilines is 1. The summed E-state index contributed by atoms with van der Waals surface area (Å²) in [6, 6.07) is 19.4. The van der Waals surface area contributed by atoms with Gasteiger partial charge in [0.2, 0.25) is 0 Å². The largest absolute Gasteiger partial charge is 0.748 e. The predicted molar refractivity (Wildman–Crippen MR) is 76.1 cm³/mol. The Morgan fingerprint density at radius 3 is 2.20 bits per heavy atom. The minimum atomic E-state index is -0.314. The second-order valence-corrected chi connectivity index (χ2v) is 4.02. The van der Waals surface area contributed by atoms with Crippen LogP contribution in [0, 0.1) is 0 Å². The molecule has 0 saturated carbocycles. The van der Waals surface area contributed by atoms with Crippen LogP contribution in [0.4, 0.5) is 5.82 Å². The van der Waals surface area contributed by atoms with Crippen LogP contribution in [0.2, 0.25) is 0 Å². The number of hydrogen-bond acceptors (Lipinski definition) is 3. The molecule has 20 heavy (non-hydrogen) atoms. The topological polar surface area (TPSA) is 60.9 Å². The molecule has 1 heterocycles. The first-order valence-corrected chi connectivity index (χ1v) is 5.96. The van der Waals surface area contributed by atoms with E-state index in [9.17, 15) is 4.79 Å². The summed E-state index contributed by atoms with van der Waals surface area (Å²) in [6.45, 7) is 0.541. The number of hydrogen-bond donors (Lipinski definition) is 1. The van der Waals surface area contributed by atoms with Gasteiger partial charge in [0, 0.05) is 29.8 Å². The maximum atomic E-state index is 11.3. The zero-order valence-electron chi connectivity index (χ0n) is 10.8. The van der Waals surface area contributed by atoms with Crippen LogP contribution in [-0.2, 0) is 23.6 Å². The Hall–Kier alpha value is -2.10. The molecular weight excluding hydrogens is 294 g/mol. The van der Waals surface area contributed by atoms with Crippen molar-refractivity contribution in [3.8, 4) is 0 Å². The normalized spacial score (nSPS) is 9.20. The van der Waals surface area contributed by atoms with Crippen molar-refractivity contribution in [3.63, 3.8) is 0 Å². The van der Waals surface area contributed by atoms with Crippen LogP contribution < -0.4 is 11.4 Å². The van der Waals surface area contributed by atoms with Crippen LogP contribution in [0.15, 0.2) is 71.7 Å². The zero-order chi connectivity index (χ0) is 13.5. The standard InChI is InChI=1S/C10H10N3O.C5H5.Fe/c11-9-5-6-13(10(14)12-9)7-8-3-1-2-4-8;1-2-4-5-3-1;/h1-6H,7H2,(H2,11,12,14);1-5H;/q-1;-5;. The number of nitrogen functional groups attached to an aromatic ring is 1. The molecule has 1 aromatic heterocycles. The molecule has 0 spiro atoms. The van der Waals surface area contributed by atoms with Gasteiger partial charge in [0.15, 0.2) is 0 Å². The molecule has 0 atom stereocenters. The van der Waals surface area contributed by atoms with Crippen LogP contribution in [0.5, 0.6) is 0 Å². The van der Waals surface area contributed by atoms with Gasteiger partial charge in [-0.2, -0.15) is 17.1 Å². The van der Waals surface area contributed by atoms with Crippen molar-refractivity contribution in [3.05, 3.63) is 82.9 Å². The van der Waals surface area contributed by atoms with E-state index in [4.69, 9.17) is 5.73 Å². The summed E-state index contributed by atoms with van der Waals surface area (Å²) in [5.74, 6) is 0.258. The maximum absolute atomic E-state index is 11.3. The molecule has 5 heteroatoms. The molecule has 0 bridgehead atoms. The average Bonchev–Trinajstić information content (AvgIpc) is 3.08. The summed E-state index contributed by atoms with van der Waals surface area (Å²) in [4.78, 5) is 15.0. The van der Waals surface area contributed by atoms with E-state index in [1.807, 2.05) is 54.6 Å². The molecule has 2 N–H and O–H groups in total. The number of nitrogens with zero attached hydrogens (tertiary/aromatic N) is 2. The third kappa shape index (κ3) is 4.88. The molecule has 0 radical (unpaired) electrons. The van der Waals surface area contributed by atoms with Crippen molar-refractivity contribution in [2.24, 2.45) is 0 Å². The molecule has 3 aromatic rings. The number of nitrogens with two attached hydrogens (primary N) is 1. The van der Waals surface area contributed by atoms with Crippen LogP contribution in [0.25, 0.3) is 0 Å². The first-order chi connectivity index (χ1) is 9.25. The van der Waals surface area contributed by atoms with Gasteiger partial charge in [-0.15, -0.1) is 5.56 Å². The van der Waals surface area contributed by atoms with Crippen molar-refractivity contribution in [2.45, 2.75) is 6.54 Å². The van der Waals surface area contributed by atoms with E-state index in [0.717, 1.165) is 5.56 Å². The van der Waals surface area contributed by atoms with Crippen LogP contribution in [-0.4, -0.2) is 9.55 Å². The Bertz CT molecular complexity index is 625. The second-order valence-electron chi connectivity index (χ2n) is 4.02. The summed E-state index contributed by atoms with van der Waals surface area (Å²) in [6.07, 6.45) is 1.65. The SMILES string of the molecule is Nc1ccn(C[c-]2cccc2)c(=O)n1.[Fe].[cH-]1[cH-][cH-][cH-][cH-]1. The molecule has 0 amide bonds. The molecule has 0 saturated heterocycles. The molecule has 110 valence electrons. The predicted octanol–water partition coefficient (Wildman–Crippen LogP) is 2.00. The molecule has 3 rings (SSSR count). The first-order valence-electron chi connectivity index (χ1n) is 5.96. The van der Waals surface area contributed by atoms with Crippen LogP contribution >= 0.6 is 0 Å². The quantitative estimate of drug-likeness (QED) is 0.582. The Morgan fingerprint density at radius 1 is 1.15 bits per heavy atom. The fraction of sp³-hybridized carbons (Fsp3) is 0.0667. The van der Waals surface area contributed by atoms with Gasteiger partial charge in [0.1, 0.15) is 5.82 Å². The Morgan fingerprint density at radius 2 is 1.70 bits per heavy atom. The molecule has 0 aliphatic carbocycles. The molecule has 0 fully saturated rings. The van der Waals surface area contributed by atoms with Gasteiger partial charge in [0.05, 0.1) is 0 Å². The monoisotopic (exact) mass is 309 g/mol. The summed E-state index contributed by atoms with van der Waals surface area (Å²) < 4.78 is 1.52. The van der Waals surface area contributed by atoms with E-state index < -0.39 is 0 Å². The Labute approximate surface area is 128 Å². The van der Waals surface area contributed by atoms with Crippen LogP contribution in [0.3, 0.4) is 0 Å². The van der Waals surface area contributed by atoms with Crippen molar-refractivity contribution in [1.82, 2.24) is 9.55 Å². The maximum Gasteiger partial charge on any atom is 0.348 e. The van der Waals surface area contributed by atoms with Crippen molar-refractivity contribution >= 4 is 5.82 Å². The number of aromatic nitrogens is 2. The van der Waals surface area contributed by atoms with Crippen LogP contribution in [0.1, 0.15) is 5.56 Å². The van der Waals surface area contributed by atoms with Gasteiger partial charge < -0.3 is 40.6 Å². The van der Waals surface area contributed by atoms with Crippen molar-refractivity contribution < 1.29 is 17.1 Å². The molecule has 0 unspecified atom stereocenters. The molecule has 0 aliphatic rings. The van der Waals surface area contributed by atoms with Gasteiger partial charge in [-0.25, -0.2) is 16.9 Å². The third-order valence-electron chi connectivity index (χ3n) is 2.54. The number of rotatable bonds is 2. The van der Waals surface area contributed by atoms with Gasteiger partial charge >= 0.3 is 5.69 Å². The minimum absolute atomic E-state index is 0. The molecule has 4 nitrogen and oxygen atoms in total. The van der Waals surface area contributed by atoms with Gasteiger partial charge in [-0.1, -0.05) is 0 Å². The van der Waals surface area contributed by atoms with Gasteiger partial charge in [-0.3, -0.25) is 0 Å². The smallest absolute Gasteiger partial charge is 0.348 e. The Balaban J connectivity index is 0.000000283. The van der Waals surface area contributed by atoms with Gasteiger partial charge in [0.25, 0.3) is 0 Å². The summed E-state index contributed by atoms with van der Waals surface area (Å²) in [7, 11) is 0. The van der Waals surface area contributed by atoms with E-state index >= 15 is 0 Å². The van der Waals surface area contributed by atoms with Crippen molar-refractivity contribution in [1.29, 1.82) is 0 Å². The average molecular weight is 309 g/mol.